The molecule has 13 nitrogen and oxygen atoms in total. The van der Waals surface area contributed by atoms with Crippen molar-refractivity contribution >= 4 is 23.0 Å². The number of rotatable bonds is 8. The fourth-order valence-corrected chi connectivity index (χ4v) is 4.50. The second-order valence-corrected chi connectivity index (χ2v) is 9.06. The van der Waals surface area contributed by atoms with Crippen LogP contribution < -0.4 is 56.0 Å². The Hall–Kier alpha value is -2.03. The summed E-state index contributed by atoms with van der Waals surface area (Å²) in [6, 6.07) is 6.47. The number of fused-ring (bicyclic) bond motifs is 1. The molecule has 1 unspecified atom stereocenters. The van der Waals surface area contributed by atoms with E-state index < -0.39 is 12.6 Å². The third kappa shape index (κ3) is 8.84. The summed E-state index contributed by atoms with van der Waals surface area (Å²) < 4.78 is 13.6. The molecule has 0 fully saturated rings. The first kappa shape index (κ1) is 33.0. The van der Waals surface area contributed by atoms with Crippen LogP contribution in [0.15, 0.2) is 40.2 Å². The van der Waals surface area contributed by atoms with E-state index >= 15 is 0 Å². The number of aromatic nitrogens is 4. The van der Waals surface area contributed by atoms with E-state index in [0.29, 0.717) is 49.4 Å². The van der Waals surface area contributed by atoms with Gasteiger partial charge in [0, 0.05) is 14.1 Å². The summed E-state index contributed by atoms with van der Waals surface area (Å²) in [7, 11) is 4.62. The SMILES string of the molecule is COC([CH2][Hg])CNC(=O)c1ccccc1OCC(=O)[O-].Cn1c(=O)c2[nH]cnc2n(C)c1=O.O.[Na+]. The molecule has 15 heteroatoms. The minimum absolute atomic E-state index is 0. The summed E-state index contributed by atoms with van der Waals surface area (Å²) in [5.41, 5.74) is 0.305. The van der Waals surface area contributed by atoms with Crippen LogP contribution in [0.4, 0.5) is 0 Å². The predicted octanol–water partition coefficient (Wildman–Crippen LogP) is -5.34. The number of amides is 1. The molecule has 0 saturated carbocycles. The molecule has 181 valence electrons. The molecule has 3 aromatic rings. The zero-order valence-corrected chi connectivity index (χ0v) is 27.5. The van der Waals surface area contributed by atoms with Gasteiger partial charge in [-0.05, 0) is 0 Å². The first-order valence-corrected chi connectivity index (χ1v) is 13.7. The molecule has 0 saturated heterocycles. The summed E-state index contributed by atoms with van der Waals surface area (Å²) in [6.07, 6.45) is 1.42. The fraction of sp³-hybridized carbons (Fsp3) is 0.350. The van der Waals surface area contributed by atoms with Crippen LogP contribution in [0.25, 0.3) is 11.2 Å². The van der Waals surface area contributed by atoms with Crippen molar-refractivity contribution in [1.82, 2.24) is 24.4 Å². The molecule has 2 aromatic heterocycles. The molecule has 0 aliphatic carbocycles. The molecule has 2 heterocycles. The number of aryl methyl sites for hydroxylation is 1. The average Bonchev–Trinajstić information content (AvgIpc) is 3.31. The zero-order valence-electron chi connectivity index (χ0n) is 20.0. The molecular formula is C20H25HgN5NaO8. The van der Waals surface area contributed by atoms with Gasteiger partial charge in [0.2, 0.25) is 0 Å². The quantitative estimate of drug-likeness (QED) is 0.220. The van der Waals surface area contributed by atoms with Crippen molar-refractivity contribution in [2.24, 2.45) is 14.1 Å². The average molecular weight is 687 g/mol. The van der Waals surface area contributed by atoms with E-state index in [0.717, 1.165) is 8.50 Å². The van der Waals surface area contributed by atoms with Crippen LogP contribution in [0.1, 0.15) is 10.4 Å². The summed E-state index contributed by atoms with van der Waals surface area (Å²) in [5, 5.41) is 13.2. The van der Waals surface area contributed by atoms with E-state index in [4.69, 9.17) is 9.47 Å². The number of methoxy groups -OCH3 is 1. The van der Waals surface area contributed by atoms with Crippen LogP contribution in [0.3, 0.4) is 0 Å². The number of hydrogen-bond acceptors (Lipinski definition) is 8. The van der Waals surface area contributed by atoms with Crippen molar-refractivity contribution in [3.05, 3.63) is 57.0 Å². The van der Waals surface area contributed by atoms with Gasteiger partial charge >= 0.3 is 169 Å². The Bertz CT molecular complexity index is 1240. The van der Waals surface area contributed by atoms with Gasteiger partial charge in [0.25, 0.3) is 5.56 Å². The molecule has 0 aliphatic heterocycles. The standard InChI is InChI=1S/C13H16NO5.C7H8N4O2.Hg.Na.H2O/c1-9(18-2)7-14-13(17)10-5-3-4-6-11(10)19-8-12(15)16;1-10-5-4(8-3-9-5)6(12)11(2)7(10)13;;;/h3-6,9H,1,7-8H2,2H3,(H,14,17)(H,15,16);3H,1-2H3,(H,8,9);;;1H2/q;;;+1;/p-1. The van der Waals surface area contributed by atoms with Crippen molar-refractivity contribution in [2.75, 3.05) is 20.3 Å². The third-order valence-corrected chi connectivity index (χ3v) is 7.16. The van der Waals surface area contributed by atoms with Crippen molar-refractivity contribution in [3.8, 4) is 5.75 Å². The monoisotopic (exact) mass is 688 g/mol. The van der Waals surface area contributed by atoms with Crippen LogP contribution in [-0.2, 0) is 49.7 Å². The van der Waals surface area contributed by atoms with Gasteiger partial charge in [0.1, 0.15) is 5.52 Å². The number of benzene rings is 1. The number of aliphatic carboxylic acids is 1. The van der Waals surface area contributed by atoms with E-state index in [1.54, 1.807) is 38.4 Å². The number of hydrogen-bond donors (Lipinski definition) is 2. The largest absolute Gasteiger partial charge is 1.00 e. The zero-order chi connectivity index (χ0) is 24.5. The van der Waals surface area contributed by atoms with E-state index in [1.165, 1.54) is 17.9 Å². The fourth-order valence-electron chi connectivity index (χ4n) is 2.79. The normalized spacial score (nSPS) is 10.8. The van der Waals surface area contributed by atoms with Crippen molar-refractivity contribution < 1.29 is 85.3 Å². The molecule has 0 aliphatic rings. The molecule has 1 aromatic carbocycles. The number of carbonyl (C=O) groups is 2. The molecule has 1 amide bonds. The van der Waals surface area contributed by atoms with Gasteiger partial charge in [-0.2, -0.15) is 0 Å². The second kappa shape index (κ2) is 15.9. The molecular weight excluding hydrogens is 662 g/mol. The maximum atomic E-state index is 12.1. The van der Waals surface area contributed by atoms with Crippen molar-refractivity contribution in [2.45, 2.75) is 10.0 Å². The summed E-state index contributed by atoms with van der Waals surface area (Å²) in [4.78, 5) is 51.8. The van der Waals surface area contributed by atoms with E-state index in [-0.39, 0.29) is 64.0 Å². The molecule has 35 heavy (non-hydrogen) atoms. The number of carboxylic acid groups (broad SMARTS) is 1. The van der Waals surface area contributed by atoms with Crippen LogP contribution in [0.5, 0.6) is 5.75 Å². The van der Waals surface area contributed by atoms with Crippen molar-refractivity contribution in [3.63, 3.8) is 0 Å². The number of nitrogens with zero attached hydrogens (tertiary/aromatic N) is 3. The number of imidazole rings is 1. The third-order valence-electron chi connectivity index (χ3n) is 4.65. The maximum Gasteiger partial charge on any atom is 1.00 e. The molecule has 0 bridgehead atoms. The minimum atomic E-state index is -1.34. The van der Waals surface area contributed by atoms with Gasteiger partial charge in [-0.1, -0.05) is 0 Å². The Balaban J connectivity index is 0.000000670. The number of carbonyl (C=O) groups excluding carboxylic acids is 2. The van der Waals surface area contributed by atoms with Crippen LogP contribution in [-0.4, -0.2) is 62.8 Å². The summed E-state index contributed by atoms with van der Waals surface area (Å²) >= 11 is 0.598. The molecule has 0 spiro atoms. The number of carboxylic acids is 1. The Morgan fingerprint density at radius 1 is 1.23 bits per heavy atom. The molecule has 4 N–H and O–H groups in total. The van der Waals surface area contributed by atoms with Gasteiger partial charge in [0.05, 0.1) is 6.33 Å². The molecule has 0 radical (unpaired) electrons. The first-order chi connectivity index (χ1) is 15.7. The first-order valence-electron chi connectivity index (χ1n) is 9.82. The van der Waals surface area contributed by atoms with E-state index in [1.807, 2.05) is 0 Å². The Kier molecular flexibility index (Phi) is 14.9. The number of ether oxygens (including phenoxy) is 2. The Morgan fingerprint density at radius 2 is 1.89 bits per heavy atom. The smallest absolute Gasteiger partial charge is 0.412 e. The number of nitrogens with one attached hydrogen (secondary N) is 2. The van der Waals surface area contributed by atoms with Gasteiger partial charge < -0.3 is 10.5 Å². The van der Waals surface area contributed by atoms with Gasteiger partial charge in [-0.25, -0.2) is 9.78 Å². The molecule has 3 rings (SSSR count). The van der Waals surface area contributed by atoms with Crippen molar-refractivity contribution in [1.29, 1.82) is 0 Å². The number of aromatic amines is 1. The Labute approximate surface area is 238 Å². The van der Waals surface area contributed by atoms with Gasteiger partial charge in [0.15, 0.2) is 5.65 Å². The summed E-state index contributed by atoms with van der Waals surface area (Å²) in [5.74, 6) is -1.43. The topological polar surface area (TPSA) is 192 Å². The van der Waals surface area contributed by atoms with Crippen LogP contribution in [0.2, 0.25) is 3.93 Å². The Morgan fingerprint density at radius 3 is 2.49 bits per heavy atom. The predicted molar refractivity (Wildman–Crippen MR) is 115 cm³/mol. The van der Waals surface area contributed by atoms with E-state index in [2.05, 4.69) is 15.3 Å². The number of para-hydroxylation sites is 1. The van der Waals surface area contributed by atoms with Gasteiger partial charge in [-0.3, -0.25) is 13.9 Å². The maximum absolute atomic E-state index is 12.1. The molecule has 1 atom stereocenters. The second-order valence-electron chi connectivity index (χ2n) is 6.82. The minimum Gasteiger partial charge on any atom is -0.412 e. The van der Waals surface area contributed by atoms with Crippen LogP contribution in [0, 0.1) is 0 Å². The van der Waals surface area contributed by atoms with Crippen LogP contribution >= 0.6 is 0 Å². The number of H-pyrrole nitrogens is 1. The van der Waals surface area contributed by atoms with Gasteiger partial charge in [-0.15, -0.1) is 0 Å². The summed E-state index contributed by atoms with van der Waals surface area (Å²) in [6.45, 7) is -0.165. The van der Waals surface area contributed by atoms with E-state index in [9.17, 15) is 24.3 Å².